The maximum atomic E-state index is 8.75. The third kappa shape index (κ3) is 2.19. The number of pyridine rings is 1. The molecule has 0 spiro atoms. The molecule has 1 aromatic rings. The van der Waals surface area contributed by atoms with Crippen LogP contribution < -0.4 is 5.32 Å². The second-order valence-electron chi connectivity index (χ2n) is 5.09. The Hall–Kier alpha value is -1.60. The standard InChI is InChI=1S/C14H17N3O/c15-8-10-4-5-14(16-9-10)17-12-2-1-3-13-11(12)6-7-18-13/h4-5,9,11-13H,1-3,6-7H2,(H,16,17)/t11-,12+,13+/m0/s1. The molecule has 18 heavy (non-hydrogen) atoms. The van der Waals surface area contributed by atoms with Gasteiger partial charge in [-0.25, -0.2) is 4.98 Å². The Kier molecular flexibility index (Phi) is 3.16. The third-order valence-corrected chi connectivity index (χ3v) is 4.01. The molecule has 2 fully saturated rings. The summed E-state index contributed by atoms with van der Waals surface area (Å²) in [6.45, 7) is 0.897. The number of hydrogen-bond acceptors (Lipinski definition) is 4. The molecule has 94 valence electrons. The van der Waals surface area contributed by atoms with Crippen LogP contribution in [0.3, 0.4) is 0 Å². The highest BCUT2D eigenvalue weighted by atomic mass is 16.5. The van der Waals surface area contributed by atoms with Gasteiger partial charge in [-0.15, -0.1) is 0 Å². The second kappa shape index (κ2) is 4.95. The van der Waals surface area contributed by atoms with Gasteiger partial charge in [-0.1, -0.05) is 0 Å². The Morgan fingerprint density at radius 2 is 2.28 bits per heavy atom. The molecular formula is C14H17N3O. The predicted molar refractivity (Wildman–Crippen MR) is 68.1 cm³/mol. The first kappa shape index (κ1) is 11.5. The Bertz CT molecular complexity index is 451. The minimum atomic E-state index is 0.439. The molecule has 4 heteroatoms. The Morgan fingerprint density at radius 1 is 1.33 bits per heavy atom. The Morgan fingerprint density at radius 3 is 3.06 bits per heavy atom. The monoisotopic (exact) mass is 243 g/mol. The molecule has 2 heterocycles. The third-order valence-electron chi connectivity index (χ3n) is 4.01. The van der Waals surface area contributed by atoms with E-state index in [9.17, 15) is 0 Å². The molecule has 1 aromatic heterocycles. The van der Waals surface area contributed by atoms with Crippen molar-refractivity contribution in [2.24, 2.45) is 5.92 Å². The van der Waals surface area contributed by atoms with Gasteiger partial charge in [-0.2, -0.15) is 5.26 Å². The van der Waals surface area contributed by atoms with Crippen molar-refractivity contribution in [1.82, 2.24) is 4.98 Å². The lowest BCUT2D eigenvalue weighted by Gasteiger charge is -2.33. The van der Waals surface area contributed by atoms with Crippen LogP contribution in [0.15, 0.2) is 18.3 Å². The van der Waals surface area contributed by atoms with Crippen LogP contribution in [0.5, 0.6) is 0 Å². The molecule has 0 unspecified atom stereocenters. The quantitative estimate of drug-likeness (QED) is 0.866. The largest absolute Gasteiger partial charge is 0.378 e. The lowest BCUT2D eigenvalue weighted by Crippen LogP contribution is -2.38. The van der Waals surface area contributed by atoms with Gasteiger partial charge >= 0.3 is 0 Å². The minimum Gasteiger partial charge on any atom is -0.378 e. The van der Waals surface area contributed by atoms with Gasteiger partial charge in [-0.3, -0.25) is 0 Å². The highest BCUT2D eigenvalue weighted by molar-refractivity contribution is 5.40. The van der Waals surface area contributed by atoms with Crippen molar-refractivity contribution in [3.05, 3.63) is 23.9 Å². The molecule has 0 amide bonds. The van der Waals surface area contributed by atoms with Gasteiger partial charge in [0, 0.05) is 24.8 Å². The molecule has 1 aliphatic heterocycles. The smallest absolute Gasteiger partial charge is 0.126 e. The zero-order valence-electron chi connectivity index (χ0n) is 10.3. The fraction of sp³-hybridized carbons (Fsp3) is 0.571. The predicted octanol–water partition coefficient (Wildman–Crippen LogP) is 2.32. The van der Waals surface area contributed by atoms with Crippen LogP contribution in [0.1, 0.15) is 31.2 Å². The van der Waals surface area contributed by atoms with Crippen molar-refractivity contribution in [3.8, 4) is 6.07 Å². The average Bonchev–Trinajstić information content (AvgIpc) is 2.89. The summed E-state index contributed by atoms with van der Waals surface area (Å²) in [7, 11) is 0. The highest BCUT2D eigenvalue weighted by Crippen LogP contribution is 2.35. The van der Waals surface area contributed by atoms with E-state index in [0.29, 0.717) is 23.6 Å². The summed E-state index contributed by atoms with van der Waals surface area (Å²) in [5.74, 6) is 1.49. The van der Waals surface area contributed by atoms with Crippen LogP contribution in [-0.2, 0) is 4.74 Å². The first-order chi connectivity index (χ1) is 8.86. The lowest BCUT2D eigenvalue weighted by molar-refractivity contribution is 0.0619. The summed E-state index contributed by atoms with van der Waals surface area (Å²) in [5, 5.41) is 12.2. The highest BCUT2D eigenvalue weighted by Gasteiger charge is 2.37. The van der Waals surface area contributed by atoms with Crippen LogP contribution in [0.2, 0.25) is 0 Å². The van der Waals surface area contributed by atoms with Crippen molar-refractivity contribution >= 4 is 5.82 Å². The minimum absolute atomic E-state index is 0.439. The van der Waals surface area contributed by atoms with Crippen molar-refractivity contribution < 1.29 is 4.74 Å². The molecule has 2 aliphatic rings. The topological polar surface area (TPSA) is 57.9 Å². The van der Waals surface area contributed by atoms with Crippen molar-refractivity contribution in [2.45, 2.75) is 37.8 Å². The van der Waals surface area contributed by atoms with Gasteiger partial charge in [0.1, 0.15) is 11.9 Å². The van der Waals surface area contributed by atoms with E-state index in [4.69, 9.17) is 10.00 Å². The fourth-order valence-electron chi connectivity index (χ4n) is 3.09. The maximum Gasteiger partial charge on any atom is 0.126 e. The molecule has 1 N–H and O–H groups in total. The maximum absolute atomic E-state index is 8.75. The number of ether oxygens (including phenoxy) is 1. The molecule has 0 aromatic carbocycles. The fourth-order valence-corrected chi connectivity index (χ4v) is 3.09. The number of nitriles is 1. The number of nitrogens with one attached hydrogen (secondary N) is 1. The Balaban J connectivity index is 1.69. The van der Waals surface area contributed by atoms with E-state index < -0.39 is 0 Å². The number of nitrogens with zero attached hydrogens (tertiary/aromatic N) is 2. The van der Waals surface area contributed by atoms with E-state index >= 15 is 0 Å². The lowest BCUT2D eigenvalue weighted by atomic mass is 9.82. The van der Waals surface area contributed by atoms with Crippen LogP contribution in [0.4, 0.5) is 5.82 Å². The first-order valence-corrected chi connectivity index (χ1v) is 6.61. The van der Waals surface area contributed by atoms with Crippen LogP contribution in [0.25, 0.3) is 0 Å². The first-order valence-electron chi connectivity index (χ1n) is 6.61. The van der Waals surface area contributed by atoms with Gasteiger partial charge in [0.2, 0.25) is 0 Å². The zero-order chi connectivity index (χ0) is 12.4. The summed E-state index contributed by atoms with van der Waals surface area (Å²) in [4.78, 5) is 4.28. The normalized spacial score (nSPS) is 30.5. The Labute approximate surface area is 107 Å². The zero-order valence-corrected chi connectivity index (χ0v) is 10.3. The number of fused-ring (bicyclic) bond motifs is 1. The number of hydrogen-bond donors (Lipinski definition) is 1. The van der Waals surface area contributed by atoms with E-state index in [1.165, 1.54) is 19.3 Å². The SMILES string of the molecule is N#Cc1ccc(N[C@@H]2CCC[C@H]3OCC[C@@H]23)nc1. The summed E-state index contributed by atoms with van der Waals surface area (Å²) < 4.78 is 5.76. The number of rotatable bonds is 2. The van der Waals surface area contributed by atoms with Crippen molar-refractivity contribution in [1.29, 1.82) is 5.26 Å². The van der Waals surface area contributed by atoms with Crippen LogP contribution in [-0.4, -0.2) is 23.7 Å². The summed E-state index contributed by atoms with van der Waals surface area (Å²) in [6.07, 6.45) is 6.81. The molecule has 1 saturated heterocycles. The van der Waals surface area contributed by atoms with Crippen LogP contribution in [0, 0.1) is 17.2 Å². The average molecular weight is 243 g/mol. The van der Waals surface area contributed by atoms with Gasteiger partial charge in [-0.05, 0) is 37.8 Å². The molecule has 1 saturated carbocycles. The van der Waals surface area contributed by atoms with Gasteiger partial charge in [0.25, 0.3) is 0 Å². The molecular weight excluding hydrogens is 226 g/mol. The van der Waals surface area contributed by atoms with E-state index in [1.54, 1.807) is 12.3 Å². The van der Waals surface area contributed by atoms with Crippen molar-refractivity contribution in [2.75, 3.05) is 11.9 Å². The molecule has 3 atom stereocenters. The van der Waals surface area contributed by atoms with Crippen molar-refractivity contribution in [3.63, 3.8) is 0 Å². The van der Waals surface area contributed by atoms with Gasteiger partial charge < -0.3 is 10.1 Å². The number of anilines is 1. The molecule has 3 rings (SSSR count). The van der Waals surface area contributed by atoms with Crippen LogP contribution >= 0.6 is 0 Å². The van der Waals surface area contributed by atoms with E-state index in [0.717, 1.165) is 18.8 Å². The molecule has 1 aliphatic carbocycles. The summed E-state index contributed by atoms with van der Waals surface area (Å²) in [6, 6.07) is 6.24. The van der Waals surface area contributed by atoms with E-state index in [2.05, 4.69) is 16.4 Å². The molecule has 4 nitrogen and oxygen atoms in total. The number of aromatic nitrogens is 1. The van der Waals surface area contributed by atoms with Gasteiger partial charge in [0.05, 0.1) is 11.7 Å². The summed E-state index contributed by atoms with van der Waals surface area (Å²) in [5.41, 5.74) is 0.603. The second-order valence-corrected chi connectivity index (χ2v) is 5.09. The van der Waals surface area contributed by atoms with E-state index in [-0.39, 0.29) is 0 Å². The van der Waals surface area contributed by atoms with Gasteiger partial charge in [0.15, 0.2) is 0 Å². The molecule has 0 radical (unpaired) electrons. The summed E-state index contributed by atoms with van der Waals surface area (Å²) >= 11 is 0. The molecule has 0 bridgehead atoms. The van der Waals surface area contributed by atoms with E-state index in [1.807, 2.05) is 6.07 Å².